The molecule has 1 aromatic heterocycles. The first-order chi connectivity index (χ1) is 12.0. The number of nitrogens with zero attached hydrogens (tertiary/aromatic N) is 3. The van der Waals surface area contributed by atoms with Crippen LogP contribution in [0.15, 0.2) is 40.8 Å². The van der Waals surface area contributed by atoms with E-state index in [1.165, 1.54) is 0 Å². The van der Waals surface area contributed by atoms with Crippen LogP contribution in [-0.2, 0) is 6.54 Å². The molecule has 0 amide bonds. The number of rotatable bonds is 5. The molecule has 0 saturated carbocycles. The van der Waals surface area contributed by atoms with Gasteiger partial charge in [-0.2, -0.15) is 5.26 Å². The van der Waals surface area contributed by atoms with Crippen molar-refractivity contribution in [1.82, 2.24) is 9.80 Å². The predicted octanol–water partition coefficient (Wildman–Crippen LogP) is 2.71. The average molecular weight is 339 g/mol. The molecule has 25 heavy (non-hydrogen) atoms. The van der Waals surface area contributed by atoms with Crippen LogP contribution in [0.5, 0.6) is 0 Å². The molecule has 1 fully saturated rings. The van der Waals surface area contributed by atoms with Gasteiger partial charge in [-0.15, -0.1) is 0 Å². The van der Waals surface area contributed by atoms with E-state index in [1.807, 2.05) is 49.3 Å². The Morgan fingerprint density at radius 1 is 1.28 bits per heavy atom. The Morgan fingerprint density at radius 2 is 2.08 bits per heavy atom. The maximum Gasteiger partial charge on any atom is 0.135 e. The molecule has 2 heterocycles. The monoisotopic (exact) mass is 339 g/mol. The van der Waals surface area contributed by atoms with Crippen LogP contribution in [0.4, 0.5) is 0 Å². The van der Waals surface area contributed by atoms with E-state index in [0.717, 1.165) is 30.7 Å². The minimum absolute atomic E-state index is 0.613. The number of furan rings is 1. The van der Waals surface area contributed by atoms with Crippen molar-refractivity contribution in [2.75, 3.05) is 33.7 Å². The largest absolute Gasteiger partial charge is 0.460 e. The van der Waals surface area contributed by atoms with E-state index in [4.69, 9.17) is 4.42 Å². The van der Waals surface area contributed by atoms with E-state index < -0.39 is 5.60 Å². The fraction of sp³-hybridized carbons (Fsp3) is 0.450. The van der Waals surface area contributed by atoms with Crippen molar-refractivity contribution in [1.29, 1.82) is 5.26 Å². The van der Waals surface area contributed by atoms with Gasteiger partial charge in [-0.05, 0) is 57.7 Å². The van der Waals surface area contributed by atoms with Gasteiger partial charge in [-0.25, -0.2) is 0 Å². The lowest BCUT2D eigenvalue weighted by Gasteiger charge is -2.40. The lowest BCUT2D eigenvalue weighted by Crippen LogP contribution is -2.52. The molecule has 1 aliphatic rings. The van der Waals surface area contributed by atoms with E-state index in [-0.39, 0.29) is 0 Å². The second-order valence-electron chi connectivity index (χ2n) is 7.20. The lowest BCUT2D eigenvalue weighted by molar-refractivity contribution is -0.0492. The number of β-amino-alcohol motifs (C(OH)–C–C–N with tert-alkyl or cyclic N) is 1. The third kappa shape index (κ3) is 4.29. The minimum Gasteiger partial charge on any atom is -0.460 e. The molecular formula is C20H25N3O2. The van der Waals surface area contributed by atoms with Gasteiger partial charge >= 0.3 is 0 Å². The normalized spacial score (nSPS) is 21.4. The highest BCUT2D eigenvalue weighted by atomic mass is 16.3. The molecule has 1 atom stereocenters. The molecule has 5 nitrogen and oxygen atoms in total. The highest BCUT2D eigenvalue weighted by molar-refractivity contribution is 5.66. The molecule has 1 aliphatic heterocycles. The number of hydrogen-bond acceptors (Lipinski definition) is 5. The number of hydrogen-bond donors (Lipinski definition) is 1. The molecule has 1 N–H and O–H groups in total. The van der Waals surface area contributed by atoms with E-state index >= 15 is 0 Å². The Morgan fingerprint density at radius 3 is 2.84 bits per heavy atom. The number of aliphatic hydroxyl groups is 1. The van der Waals surface area contributed by atoms with Crippen LogP contribution in [0.25, 0.3) is 11.3 Å². The van der Waals surface area contributed by atoms with E-state index in [0.29, 0.717) is 31.0 Å². The summed E-state index contributed by atoms with van der Waals surface area (Å²) in [5, 5.41) is 20.0. The zero-order valence-electron chi connectivity index (χ0n) is 14.9. The van der Waals surface area contributed by atoms with Crippen molar-refractivity contribution in [2.24, 2.45) is 0 Å². The first-order valence-corrected chi connectivity index (χ1v) is 8.67. The fourth-order valence-corrected chi connectivity index (χ4v) is 3.68. The van der Waals surface area contributed by atoms with E-state index in [9.17, 15) is 10.4 Å². The first kappa shape index (κ1) is 17.7. The van der Waals surface area contributed by atoms with Crippen LogP contribution in [0.2, 0.25) is 0 Å². The van der Waals surface area contributed by atoms with E-state index in [1.54, 1.807) is 6.07 Å². The van der Waals surface area contributed by atoms with Gasteiger partial charge < -0.3 is 14.4 Å². The minimum atomic E-state index is -0.662. The van der Waals surface area contributed by atoms with Crippen LogP contribution in [0.1, 0.15) is 24.2 Å². The van der Waals surface area contributed by atoms with Crippen LogP contribution in [0, 0.1) is 11.3 Å². The lowest BCUT2D eigenvalue weighted by atomic mass is 9.92. The van der Waals surface area contributed by atoms with Crippen molar-refractivity contribution in [3.05, 3.63) is 47.7 Å². The van der Waals surface area contributed by atoms with Crippen LogP contribution < -0.4 is 0 Å². The number of benzene rings is 1. The summed E-state index contributed by atoms with van der Waals surface area (Å²) in [5.74, 6) is 1.57. The molecule has 0 aliphatic carbocycles. The molecule has 2 aromatic rings. The van der Waals surface area contributed by atoms with Crippen LogP contribution >= 0.6 is 0 Å². The molecular weight excluding hydrogens is 314 g/mol. The Bertz CT molecular complexity index is 762. The Labute approximate surface area is 149 Å². The highest BCUT2D eigenvalue weighted by Crippen LogP contribution is 2.28. The number of piperidine rings is 1. The van der Waals surface area contributed by atoms with Crippen LogP contribution in [0.3, 0.4) is 0 Å². The Kier molecular flexibility index (Phi) is 5.24. The third-order valence-corrected chi connectivity index (χ3v) is 4.60. The van der Waals surface area contributed by atoms with Gasteiger partial charge in [-0.1, -0.05) is 12.1 Å². The number of nitriles is 1. The summed E-state index contributed by atoms with van der Waals surface area (Å²) < 4.78 is 5.98. The summed E-state index contributed by atoms with van der Waals surface area (Å²) >= 11 is 0. The molecule has 5 heteroatoms. The molecule has 0 radical (unpaired) electrons. The number of likely N-dealkylation sites (N-methyl/N-ethyl adjacent to an activating group) is 1. The van der Waals surface area contributed by atoms with Gasteiger partial charge in [0.15, 0.2) is 0 Å². The van der Waals surface area contributed by atoms with Crippen molar-refractivity contribution in [2.45, 2.75) is 25.0 Å². The van der Waals surface area contributed by atoms with Crippen LogP contribution in [-0.4, -0.2) is 54.2 Å². The fourth-order valence-electron chi connectivity index (χ4n) is 3.68. The molecule has 0 spiro atoms. The van der Waals surface area contributed by atoms with Gasteiger partial charge in [0, 0.05) is 18.7 Å². The summed E-state index contributed by atoms with van der Waals surface area (Å²) in [6.45, 7) is 2.95. The standard InChI is InChI=1S/C20H25N3O2/c1-22(2)14-20(24)10-5-11-23(15-20)13-17-8-9-19(25-17)18-7-4-3-6-16(18)12-21/h3-4,6-9,24H,5,10-11,13-15H2,1-2H3/t20-/m1/s1. The average Bonchev–Trinajstić information content (AvgIpc) is 3.02. The molecule has 0 unspecified atom stereocenters. The first-order valence-electron chi connectivity index (χ1n) is 8.67. The molecule has 1 saturated heterocycles. The highest BCUT2D eigenvalue weighted by Gasteiger charge is 2.33. The van der Waals surface area contributed by atoms with Crippen molar-refractivity contribution < 1.29 is 9.52 Å². The van der Waals surface area contributed by atoms with Gasteiger partial charge in [0.25, 0.3) is 0 Å². The zero-order valence-corrected chi connectivity index (χ0v) is 14.9. The maximum atomic E-state index is 10.8. The summed E-state index contributed by atoms with van der Waals surface area (Å²) in [5.41, 5.74) is 0.769. The van der Waals surface area contributed by atoms with Crippen molar-refractivity contribution >= 4 is 0 Å². The summed E-state index contributed by atoms with van der Waals surface area (Å²) in [4.78, 5) is 4.28. The summed E-state index contributed by atoms with van der Waals surface area (Å²) in [7, 11) is 3.98. The van der Waals surface area contributed by atoms with E-state index in [2.05, 4.69) is 11.0 Å². The van der Waals surface area contributed by atoms with Gasteiger partial charge in [0.1, 0.15) is 11.5 Å². The number of likely N-dealkylation sites (tertiary alicyclic amines) is 1. The predicted molar refractivity (Wildman–Crippen MR) is 96.9 cm³/mol. The maximum absolute atomic E-state index is 10.8. The van der Waals surface area contributed by atoms with Gasteiger partial charge in [-0.3, -0.25) is 4.90 Å². The second-order valence-corrected chi connectivity index (χ2v) is 7.20. The Balaban J connectivity index is 1.70. The second kappa shape index (κ2) is 7.40. The summed E-state index contributed by atoms with van der Waals surface area (Å²) in [6, 6.07) is 13.5. The third-order valence-electron chi connectivity index (χ3n) is 4.60. The quantitative estimate of drug-likeness (QED) is 0.907. The Hall–Kier alpha value is -2.13. The SMILES string of the molecule is CN(C)C[C@]1(O)CCCN(Cc2ccc(-c3ccccc3C#N)o2)C1. The molecule has 132 valence electrons. The van der Waals surface area contributed by atoms with Gasteiger partial charge in [0.05, 0.1) is 23.8 Å². The smallest absolute Gasteiger partial charge is 0.135 e. The summed E-state index contributed by atoms with van der Waals surface area (Å²) in [6.07, 6.45) is 1.82. The topological polar surface area (TPSA) is 63.6 Å². The molecule has 3 rings (SSSR count). The molecule has 1 aromatic carbocycles. The molecule has 0 bridgehead atoms. The van der Waals surface area contributed by atoms with Crippen molar-refractivity contribution in [3.8, 4) is 17.4 Å². The zero-order chi connectivity index (χ0) is 17.9. The van der Waals surface area contributed by atoms with Gasteiger partial charge in [0.2, 0.25) is 0 Å². The van der Waals surface area contributed by atoms with Crippen molar-refractivity contribution in [3.63, 3.8) is 0 Å².